The van der Waals surface area contributed by atoms with E-state index in [1.54, 1.807) is 12.1 Å². The van der Waals surface area contributed by atoms with Crippen LogP contribution in [0.3, 0.4) is 0 Å². The molecule has 30 heavy (non-hydrogen) atoms. The van der Waals surface area contributed by atoms with Crippen LogP contribution in [0.1, 0.15) is 51.8 Å². The van der Waals surface area contributed by atoms with Gasteiger partial charge in [-0.15, -0.1) is 10.2 Å². The van der Waals surface area contributed by atoms with Crippen LogP contribution in [0.2, 0.25) is 0 Å². The number of carbonyl (C=O) groups is 1. The molecule has 2 aromatic heterocycles. The Bertz CT molecular complexity index is 970. The van der Waals surface area contributed by atoms with Crippen molar-refractivity contribution in [1.82, 2.24) is 19.7 Å². The van der Waals surface area contributed by atoms with E-state index in [1.807, 2.05) is 13.0 Å². The van der Waals surface area contributed by atoms with Gasteiger partial charge in [-0.25, -0.2) is 4.79 Å². The van der Waals surface area contributed by atoms with E-state index in [0.717, 1.165) is 49.6 Å². The Hall–Kier alpha value is -3.06. The largest absolute Gasteiger partial charge is 0.465 e. The van der Waals surface area contributed by atoms with Crippen LogP contribution >= 0.6 is 0 Å². The number of rotatable bonds is 10. The van der Waals surface area contributed by atoms with Crippen LogP contribution in [-0.4, -0.2) is 37.9 Å². The molecule has 3 rings (SSSR count). The summed E-state index contributed by atoms with van der Waals surface area (Å²) in [5.74, 6) is 1.46. The first-order valence-electron chi connectivity index (χ1n) is 10.2. The molecular weight excluding hydrogens is 380 g/mol. The number of aryl methyl sites for hydroxylation is 4. The van der Waals surface area contributed by atoms with E-state index >= 15 is 0 Å². The number of carbonyl (C=O) groups excluding carboxylic acids is 1. The van der Waals surface area contributed by atoms with Crippen molar-refractivity contribution >= 4 is 5.97 Å². The minimum Gasteiger partial charge on any atom is -0.465 e. The number of esters is 1. The van der Waals surface area contributed by atoms with E-state index in [9.17, 15) is 9.90 Å². The molecule has 0 spiro atoms. The van der Waals surface area contributed by atoms with Crippen LogP contribution < -0.4 is 0 Å². The standard InChI is InChI=1S/C23H28N4O3/c1-17-25-26-22(27(17)13-7-10-18-8-4-3-5-9-18)12-6-11-20-14-19(23(29)30-2)15-21(16-28)24-20/h3-5,8-9,14-15,28H,6-7,10-13,16H2,1-2H3. The average molecular weight is 409 g/mol. The third kappa shape index (κ3) is 5.73. The molecule has 0 radical (unpaired) electrons. The number of benzene rings is 1. The summed E-state index contributed by atoms with van der Waals surface area (Å²) in [6.45, 7) is 2.65. The van der Waals surface area contributed by atoms with Crippen molar-refractivity contribution in [2.75, 3.05) is 7.11 Å². The Morgan fingerprint density at radius 1 is 1.03 bits per heavy atom. The Kier molecular flexibility index (Phi) is 7.68. The van der Waals surface area contributed by atoms with Crippen molar-refractivity contribution in [2.24, 2.45) is 0 Å². The number of hydrogen-bond acceptors (Lipinski definition) is 6. The maximum absolute atomic E-state index is 11.8. The van der Waals surface area contributed by atoms with Crippen molar-refractivity contribution in [3.05, 3.63) is 76.6 Å². The third-order valence-electron chi connectivity index (χ3n) is 5.05. The van der Waals surface area contributed by atoms with E-state index in [0.29, 0.717) is 17.7 Å². The van der Waals surface area contributed by atoms with Crippen LogP contribution in [0.5, 0.6) is 0 Å². The predicted octanol–water partition coefficient (Wildman–Crippen LogP) is 3.07. The molecule has 0 bridgehead atoms. The summed E-state index contributed by atoms with van der Waals surface area (Å²) in [7, 11) is 1.34. The molecule has 0 aliphatic carbocycles. The molecule has 2 heterocycles. The zero-order valence-corrected chi connectivity index (χ0v) is 17.5. The lowest BCUT2D eigenvalue weighted by atomic mass is 10.1. The number of ether oxygens (including phenoxy) is 1. The molecule has 7 heteroatoms. The van der Waals surface area contributed by atoms with Gasteiger partial charge in [-0.2, -0.15) is 0 Å². The number of pyridine rings is 1. The van der Waals surface area contributed by atoms with Crippen molar-refractivity contribution < 1.29 is 14.6 Å². The third-order valence-corrected chi connectivity index (χ3v) is 5.05. The number of aliphatic hydroxyl groups excluding tert-OH is 1. The second-order valence-corrected chi connectivity index (χ2v) is 7.25. The van der Waals surface area contributed by atoms with Crippen LogP contribution in [0.25, 0.3) is 0 Å². The van der Waals surface area contributed by atoms with Crippen LogP contribution in [-0.2, 0) is 37.2 Å². The van der Waals surface area contributed by atoms with Gasteiger partial charge in [-0.3, -0.25) is 4.98 Å². The smallest absolute Gasteiger partial charge is 0.337 e. The maximum atomic E-state index is 11.8. The van der Waals surface area contributed by atoms with Gasteiger partial charge in [0.15, 0.2) is 0 Å². The van der Waals surface area contributed by atoms with E-state index < -0.39 is 5.97 Å². The lowest BCUT2D eigenvalue weighted by Crippen LogP contribution is -2.09. The van der Waals surface area contributed by atoms with Crippen molar-refractivity contribution in [3.63, 3.8) is 0 Å². The quantitative estimate of drug-likeness (QED) is 0.519. The normalized spacial score (nSPS) is 10.9. The van der Waals surface area contributed by atoms with Crippen molar-refractivity contribution in [2.45, 2.75) is 52.2 Å². The van der Waals surface area contributed by atoms with Crippen molar-refractivity contribution in [1.29, 1.82) is 0 Å². The molecule has 0 saturated carbocycles. The van der Waals surface area contributed by atoms with Gasteiger partial charge < -0.3 is 14.4 Å². The van der Waals surface area contributed by atoms with Crippen molar-refractivity contribution in [3.8, 4) is 0 Å². The molecule has 0 fully saturated rings. The second kappa shape index (κ2) is 10.6. The molecule has 1 aromatic carbocycles. The Labute approximate surface area is 176 Å². The average Bonchev–Trinajstić information content (AvgIpc) is 3.13. The van der Waals surface area contributed by atoms with Crippen LogP contribution in [0.4, 0.5) is 0 Å². The summed E-state index contributed by atoms with van der Waals surface area (Å²) >= 11 is 0. The molecule has 0 atom stereocenters. The zero-order valence-electron chi connectivity index (χ0n) is 17.5. The highest BCUT2D eigenvalue weighted by molar-refractivity contribution is 5.89. The Morgan fingerprint density at radius 3 is 2.53 bits per heavy atom. The fraction of sp³-hybridized carbons (Fsp3) is 0.391. The first-order valence-corrected chi connectivity index (χ1v) is 10.2. The molecular formula is C23H28N4O3. The van der Waals surface area contributed by atoms with E-state index in [4.69, 9.17) is 4.74 Å². The fourth-order valence-electron chi connectivity index (χ4n) is 3.51. The molecule has 0 unspecified atom stereocenters. The predicted molar refractivity (Wildman–Crippen MR) is 113 cm³/mol. The first-order chi connectivity index (χ1) is 14.6. The number of aromatic nitrogens is 4. The number of hydrogen-bond donors (Lipinski definition) is 1. The molecule has 0 saturated heterocycles. The molecule has 0 aliphatic rings. The van der Waals surface area contributed by atoms with E-state index in [1.165, 1.54) is 12.7 Å². The topological polar surface area (TPSA) is 90.1 Å². The Morgan fingerprint density at radius 2 is 1.80 bits per heavy atom. The van der Waals surface area contributed by atoms with Gasteiger partial charge in [0.1, 0.15) is 11.6 Å². The maximum Gasteiger partial charge on any atom is 0.337 e. The van der Waals surface area contributed by atoms with Gasteiger partial charge in [0.05, 0.1) is 25.0 Å². The number of aliphatic hydroxyl groups is 1. The SMILES string of the molecule is COC(=O)c1cc(CO)nc(CCCc2nnc(C)n2CCCc2ccccc2)c1. The lowest BCUT2D eigenvalue weighted by molar-refractivity contribution is 0.0600. The minimum atomic E-state index is -0.429. The monoisotopic (exact) mass is 408 g/mol. The Balaban J connectivity index is 1.58. The van der Waals surface area contributed by atoms with Gasteiger partial charge >= 0.3 is 5.97 Å². The molecule has 1 N–H and O–H groups in total. The van der Waals surface area contributed by atoms with Gasteiger partial charge in [0.25, 0.3) is 0 Å². The molecule has 7 nitrogen and oxygen atoms in total. The lowest BCUT2D eigenvalue weighted by Gasteiger charge is -2.10. The minimum absolute atomic E-state index is 0.216. The first kappa shape index (κ1) is 21.6. The second-order valence-electron chi connectivity index (χ2n) is 7.25. The van der Waals surface area contributed by atoms with Gasteiger partial charge in [-0.05, 0) is 50.3 Å². The van der Waals surface area contributed by atoms with Gasteiger partial charge in [0.2, 0.25) is 0 Å². The molecule has 0 aliphatic heterocycles. The van der Waals surface area contributed by atoms with Crippen LogP contribution in [0, 0.1) is 6.92 Å². The number of nitrogens with zero attached hydrogens (tertiary/aromatic N) is 4. The van der Waals surface area contributed by atoms with Gasteiger partial charge in [0, 0.05) is 18.7 Å². The van der Waals surface area contributed by atoms with E-state index in [2.05, 4.69) is 44.0 Å². The summed E-state index contributed by atoms with van der Waals surface area (Å²) < 4.78 is 6.96. The number of methoxy groups -OCH3 is 1. The molecule has 3 aromatic rings. The summed E-state index contributed by atoms with van der Waals surface area (Å²) in [6.07, 6.45) is 4.31. The summed E-state index contributed by atoms with van der Waals surface area (Å²) in [6, 6.07) is 13.7. The molecule has 158 valence electrons. The highest BCUT2D eigenvalue weighted by Crippen LogP contribution is 2.13. The van der Waals surface area contributed by atoms with Crippen LogP contribution in [0.15, 0.2) is 42.5 Å². The summed E-state index contributed by atoms with van der Waals surface area (Å²) in [4.78, 5) is 16.2. The highest BCUT2D eigenvalue weighted by atomic mass is 16.5. The summed E-state index contributed by atoms with van der Waals surface area (Å²) in [5, 5.41) is 18.0. The molecule has 0 amide bonds. The van der Waals surface area contributed by atoms with Gasteiger partial charge in [-0.1, -0.05) is 30.3 Å². The zero-order chi connectivity index (χ0) is 21.3. The highest BCUT2D eigenvalue weighted by Gasteiger charge is 2.12. The summed E-state index contributed by atoms with van der Waals surface area (Å²) in [5.41, 5.74) is 2.97. The van der Waals surface area contributed by atoms with E-state index in [-0.39, 0.29) is 6.61 Å². The fourth-order valence-corrected chi connectivity index (χ4v) is 3.51.